The number of anilines is 2. The molecule has 1 aliphatic carbocycles. The van der Waals surface area contributed by atoms with Gasteiger partial charge in [0.05, 0.1) is 11.1 Å². The van der Waals surface area contributed by atoms with Gasteiger partial charge in [-0.25, -0.2) is 14.8 Å². The van der Waals surface area contributed by atoms with Crippen LogP contribution in [0.5, 0.6) is 0 Å². The number of aromatic nitrogens is 2. The molecule has 166 valence electrons. The highest BCUT2D eigenvalue weighted by Crippen LogP contribution is 2.40. The van der Waals surface area contributed by atoms with Gasteiger partial charge in [0.15, 0.2) is 0 Å². The molecule has 1 aliphatic heterocycles. The highest BCUT2D eigenvalue weighted by atomic mass is 19.4. The van der Waals surface area contributed by atoms with Crippen LogP contribution in [0.2, 0.25) is 0 Å². The molecular weight excluding hydrogens is 419 g/mol. The molecule has 0 spiro atoms. The molecule has 0 radical (unpaired) electrons. The summed E-state index contributed by atoms with van der Waals surface area (Å²) in [7, 11) is 0. The Kier molecular flexibility index (Phi) is 5.11. The molecule has 0 unspecified atom stereocenters. The van der Waals surface area contributed by atoms with Gasteiger partial charge in [0.25, 0.3) is 0 Å². The Bertz CT molecular complexity index is 1140. The molecule has 1 N–H and O–H groups in total. The van der Waals surface area contributed by atoms with Gasteiger partial charge in [0.1, 0.15) is 11.6 Å². The number of halogens is 3. The lowest BCUT2D eigenvalue weighted by molar-refractivity contribution is -0.137. The van der Waals surface area contributed by atoms with E-state index >= 15 is 0 Å². The summed E-state index contributed by atoms with van der Waals surface area (Å²) in [4.78, 5) is 26.0. The van der Waals surface area contributed by atoms with Gasteiger partial charge in [0, 0.05) is 43.2 Å². The molecule has 3 aromatic rings. The van der Waals surface area contributed by atoms with Gasteiger partial charge >= 0.3 is 12.2 Å². The summed E-state index contributed by atoms with van der Waals surface area (Å²) in [6, 6.07) is 12.1. The van der Waals surface area contributed by atoms with Crippen molar-refractivity contribution < 1.29 is 18.0 Å². The maximum Gasteiger partial charge on any atom is 0.416 e. The Labute approximate surface area is 183 Å². The zero-order valence-electron chi connectivity index (χ0n) is 17.3. The van der Waals surface area contributed by atoms with Crippen LogP contribution >= 0.6 is 0 Å². The van der Waals surface area contributed by atoms with Gasteiger partial charge in [0.2, 0.25) is 0 Å². The Hall–Kier alpha value is -3.36. The van der Waals surface area contributed by atoms with Crippen molar-refractivity contribution in [1.82, 2.24) is 14.9 Å². The van der Waals surface area contributed by atoms with E-state index in [1.165, 1.54) is 12.1 Å². The fourth-order valence-electron chi connectivity index (χ4n) is 3.91. The quantitative estimate of drug-likeness (QED) is 0.629. The number of hydrogen-bond acceptors (Lipinski definition) is 4. The second kappa shape index (κ2) is 7.96. The number of rotatable bonds is 3. The molecule has 6 nitrogen and oxygen atoms in total. The van der Waals surface area contributed by atoms with Gasteiger partial charge in [-0.05, 0) is 49.2 Å². The van der Waals surface area contributed by atoms with Crippen molar-refractivity contribution in [2.45, 2.75) is 24.9 Å². The normalized spacial score (nSPS) is 17.0. The molecular formula is C23H22F3N5O. The first-order valence-electron chi connectivity index (χ1n) is 10.6. The van der Waals surface area contributed by atoms with Crippen LogP contribution in [0.4, 0.5) is 29.5 Å². The lowest BCUT2D eigenvalue weighted by Gasteiger charge is -2.36. The standard InChI is InChI=1S/C23H22F3N5O/c24-23(25,26)16-7-9-17(10-8-16)27-22(32)31-13-11-30(12-14-31)21-18-3-1-2-4-19(18)28-20(29-21)15-5-6-15/h1-4,7-10,15H,5-6,11-14H2,(H,27,32). The lowest BCUT2D eigenvalue weighted by Crippen LogP contribution is -2.50. The number of carbonyl (C=O) groups excluding carboxylic acids is 1. The van der Waals surface area contributed by atoms with Crippen molar-refractivity contribution in [3.63, 3.8) is 0 Å². The molecule has 0 bridgehead atoms. The van der Waals surface area contributed by atoms with E-state index in [0.29, 0.717) is 37.8 Å². The maximum atomic E-state index is 12.7. The number of urea groups is 1. The van der Waals surface area contributed by atoms with Crippen molar-refractivity contribution >= 4 is 28.4 Å². The van der Waals surface area contributed by atoms with E-state index in [1.54, 1.807) is 4.90 Å². The molecule has 5 rings (SSSR count). The highest BCUT2D eigenvalue weighted by molar-refractivity contribution is 5.91. The monoisotopic (exact) mass is 441 g/mol. The summed E-state index contributed by atoms with van der Waals surface area (Å²) in [6.45, 7) is 2.21. The average Bonchev–Trinajstić information content (AvgIpc) is 3.64. The van der Waals surface area contributed by atoms with Crippen molar-refractivity contribution in [3.05, 3.63) is 59.9 Å². The number of amides is 2. The number of nitrogens with zero attached hydrogens (tertiary/aromatic N) is 4. The van der Waals surface area contributed by atoms with Crippen molar-refractivity contribution in [2.24, 2.45) is 0 Å². The SMILES string of the molecule is O=C(Nc1ccc(C(F)(F)F)cc1)N1CCN(c2nc(C3CC3)nc3ccccc23)CC1. The van der Waals surface area contributed by atoms with Crippen molar-refractivity contribution in [3.8, 4) is 0 Å². The summed E-state index contributed by atoms with van der Waals surface area (Å²) < 4.78 is 38.1. The van der Waals surface area contributed by atoms with Crippen molar-refractivity contribution in [1.29, 1.82) is 0 Å². The van der Waals surface area contributed by atoms with E-state index in [4.69, 9.17) is 9.97 Å². The first-order chi connectivity index (χ1) is 15.4. The van der Waals surface area contributed by atoms with Gasteiger partial charge in [-0.15, -0.1) is 0 Å². The number of benzene rings is 2. The fraction of sp³-hybridized carbons (Fsp3) is 0.348. The first kappa shape index (κ1) is 20.5. The van der Waals surface area contributed by atoms with Gasteiger partial charge in [-0.3, -0.25) is 0 Å². The van der Waals surface area contributed by atoms with E-state index in [-0.39, 0.29) is 6.03 Å². The summed E-state index contributed by atoms with van der Waals surface area (Å²) in [5, 5.41) is 3.68. The third kappa shape index (κ3) is 4.19. The fourth-order valence-corrected chi connectivity index (χ4v) is 3.91. The molecule has 2 heterocycles. The van der Waals surface area contributed by atoms with Crippen molar-refractivity contribution in [2.75, 3.05) is 36.4 Å². The molecule has 1 aromatic heterocycles. The number of carbonyl (C=O) groups is 1. The van der Waals surface area contributed by atoms with E-state index < -0.39 is 11.7 Å². The molecule has 2 fully saturated rings. The van der Waals surface area contributed by atoms with E-state index in [9.17, 15) is 18.0 Å². The smallest absolute Gasteiger partial charge is 0.352 e. The number of fused-ring (bicyclic) bond motifs is 1. The Morgan fingerprint density at radius 1 is 0.938 bits per heavy atom. The van der Waals surface area contributed by atoms with Gasteiger partial charge in [-0.1, -0.05) is 12.1 Å². The minimum absolute atomic E-state index is 0.323. The minimum atomic E-state index is -4.40. The molecule has 1 saturated carbocycles. The summed E-state index contributed by atoms with van der Waals surface area (Å²) in [5.41, 5.74) is 0.523. The van der Waals surface area contributed by atoms with Crippen LogP contribution in [-0.2, 0) is 6.18 Å². The largest absolute Gasteiger partial charge is 0.416 e. The highest BCUT2D eigenvalue weighted by Gasteiger charge is 2.31. The molecule has 32 heavy (non-hydrogen) atoms. The topological polar surface area (TPSA) is 61.4 Å². The Morgan fingerprint density at radius 3 is 2.28 bits per heavy atom. The van der Waals surface area contributed by atoms with Crippen LogP contribution in [0.25, 0.3) is 10.9 Å². The van der Waals surface area contributed by atoms with Gasteiger partial charge < -0.3 is 15.1 Å². The number of para-hydroxylation sites is 1. The van der Waals surface area contributed by atoms with Crippen LogP contribution < -0.4 is 10.2 Å². The number of nitrogens with one attached hydrogen (secondary N) is 1. The zero-order valence-corrected chi connectivity index (χ0v) is 17.3. The molecule has 1 saturated heterocycles. The molecule has 9 heteroatoms. The number of piperazine rings is 1. The molecule has 2 aliphatic rings. The van der Waals surface area contributed by atoms with Crippen LogP contribution in [0.3, 0.4) is 0 Å². The number of hydrogen-bond donors (Lipinski definition) is 1. The second-order valence-electron chi connectivity index (χ2n) is 8.18. The van der Waals surface area contributed by atoms with Crippen LogP contribution in [0.1, 0.15) is 30.1 Å². The van der Waals surface area contributed by atoms with E-state index in [2.05, 4.69) is 10.2 Å². The van der Waals surface area contributed by atoms with Crippen LogP contribution in [-0.4, -0.2) is 47.1 Å². The van der Waals surface area contributed by atoms with Crippen LogP contribution in [0.15, 0.2) is 48.5 Å². The Morgan fingerprint density at radius 2 is 1.62 bits per heavy atom. The van der Waals surface area contributed by atoms with E-state index in [1.807, 2.05) is 24.3 Å². The summed E-state index contributed by atoms with van der Waals surface area (Å²) in [6.07, 6.45) is -2.16. The average molecular weight is 441 g/mol. The number of alkyl halides is 3. The van der Waals surface area contributed by atoms with E-state index in [0.717, 1.165) is 47.5 Å². The first-order valence-corrected chi connectivity index (χ1v) is 10.6. The van der Waals surface area contributed by atoms with Gasteiger partial charge in [-0.2, -0.15) is 13.2 Å². The Balaban J connectivity index is 1.26. The second-order valence-corrected chi connectivity index (χ2v) is 8.18. The third-order valence-electron chi connectivity index (χ3n) is 5.87. The minimum Gasteiger partial charge on any atom is -0.352 e. The summed E-state index contributed by atoms with van der Waals surface area (Å²) in [5.74, 6) is 2.23. The molecule has 2 amide bonds. The van der Waals surface area contributed by atoms with Crippen LogP contribution in [0, 0.1) is 0 Å². The molecule has 2 aromatic carbocycles. The zero-order chi connectivity index (χ0) is 22.3. The third-order valence-corrected chi connectivity index (χ3v) is 5.87. The summed E-state index contributed by atoms with van der Waals surface area (Å²) >= 11 is 0. The predicted molar refractivity (Wildman–Crippen MR) is 116 cm³/mol. The maximum absolute atomic E-state index is 12.7. The lowest BCUT2D eigenvalue weighted by atomic mass is 10.2. The predicted octanol–water partition coefficient (Wildman–Crippen LogP) is 4.88. The molecule has 0 atom stereocenters.